The van der Waals surface area contributed by atoms with Crippen LogP contribution in [0.1, 0.15) is 41.4 Å². The lowest BCUT2D eigenvalue weighted by Crippen LogP contribution is -2.38. The molecule has 0 bridgehead atoms. The Morgan fingerprint density at radius 1 is 1.08 bits per heavy atom. The molecule has 0 saturated carbocycles. The minimum absolute atomic E-state index is 0.0614. The maximum absolute atomic E-state index is 13.2. The highest BCUT2D eigenvalue weighted by atomic mass is 19.1. The molecule has 5 heteroatoms. The Labute approximate surface area is 151 Å². The fraction of sp³-hybridized carbons (Fsp3) is 0.238. The molecule has 0 radical (unpaired) electrons. The maximum atomic E-state index is 13.2. The van der Waals surface area contributed by atoms with Crippen LogP contribution >= 0.6 is 0 Å². The molecule has 2 heterocycles. The average Bonchev–Trinajstić information content (AvgIpc) is 3.19. The van der Waals surface area contributed by atoms with Crippen molar-refractivity contribution in [3.8, 4) is 11.3 Å². The molecular weight excluding hydrogens is 331 g/mol. The van der Waals surface area contributed by atoms with Gasteiger partial charge in [-0.15, -0.1) is 0 Å². The van der Waals surface area contributed by atoms with Crippen LogP contribution in [0.5, 0.6) is 0 Å². The number of carbonyl (C=O) groups excluding carboxylic acids is 1. The van der Waals surface area contributed by atoms with E-state index < -0.39 is 0 Å². The van der Waals surface area contributed by atoms with Crippen molar-refractivity contribution >= 4 is 5.91 Å². The van der Waals surface area contributed by atoms with E-state index in [1.54, 1.807) is 18.2 Å². The number of piperidine rings is 1. The molecule has 1 aliphatic heterocycles. The van der Waals surface area contributed by atoms with Crippen molar-refractivity contribution < 1.29 is 13.7 Å². The first-order valence-electron chi connectivity index (χ1n) is 8.81. The van der Waals surface area contributed by atoms with Gasteiger partial charge in [0.2, 0.25) is 0 Å². The number of benzene rings is 2. The third kappa shape index (κ3) is 3.25. The second-order valence-electron chi connectivity index (χ2n) is 6.50. The van der Waals surface area contributed by atoms with Gasteiger partial charge in [-0.3, -0.25) is 4.79 Å². The van der Waals surface area contributed by atoms with Crippen LogP contribution in [0.3, 0.4) is 0 Å². The zero-order valence-corrected chi connectivity index (χ0v) is 14.3. The smallest absolute Gasteiger partial charge is 0.276 e. The Balaban J connectivity index is 1.59. The Morgan fingerprint density at radius 2 is 1.85 bits per heavy atom. The zero-order valence-electron chi connectivity index (χ0n) is 14.3. The van der Waals surface area contributed by atoms with E-state index in [1.807, 2.05) is 35.2 Å². The summed E-state index contributed by atoms with van der Waals surface area (Å²) in [6.07, 6.45) is 2.85. The van der Waals surface area contributed by atoms with Gasteiger partial charge in [-0.2, -0.15) is 0 Å². The monoisotopic (exact) mass is 350 g/mol. The van der Waals surface area contributed by atoms with Crippen molar-refractivity contribution in [1.29, 1.82) is 0 Å². The Morgan fingerprint density at radius 3 is 2.62 bits per heavy atom. The number of halogens is 1. The van der Waals surface area contributed by atoms with Gasteiger partial charge in [0.05, 0.1) is 6.04 Å². The summed E-state index contributed by atoms with van der Waals surface area (Å²) in [7, 11) is 0. The second kappa shape index (κ2) is 7.12. The average molecular weight is 350 g/mol. The topological polar surface area (TPSA) is 46.3 Å². The third-order valence-electron chi connectivity index (χ3n) is 4.81. The zero-order chi connectivity index (χ0) is 17.9. The third-order valence-corrected chi connectivity index (χ3v) is 4.81. The van der Waals surface area contributed by atoms with Crippen molar-refractivity contribution in [2.75, 3.05) is 6.54 Å². The highest BCUT2D eigenvalue weighted by Gasteiger charge is 2.30. The van der Waals surface area contributed by atoms with E-state index in [4.69, 9.17) is 4.52 Å². The fourth-order valence-corrected chi connectivity index (χ4v) is 3.47. The molecule has 1 amide bonds. The van der Waals surface area contributed by atoms with E-state index in [1.165, 1.54) is 12.1 Å². The molecule has 3 aromatic rings. The van der Waals surface area contributed by atoms with Crippen molar-refractivity contribution in [1.82, 2.24) is 10.1 Å². The summed E-state index contributed by atoms with van der Waals surface area (Å²) in [5, 5.41) is 3.98. The highest BCUT2D eigenvalue weighted by molar-refractivity contribution is 5.93. The summed E-state index contributed by atoms with van der Waals surface area (Å²) in [6, 6.07) is 17.6. The normalized spacial score (nSPS) is 17.3. The predicted molar refractivity (Wildman–Crippen MR) is 96.0 cm³/mol. The van der Waals surface area contributed by atoms with Gasteiger partial charge in [-0.1, -0.05) is 47.6 Å². The summed E-state index contributed by atoms with van der Waals surface area (Å²) in [4.78, 5) is 14.8. The lowest BCUT2D eigenvalue weighted by atomic mass is 9.95. The minimum Gasteiger partial charge on any atom is -0.355 e. The molecule has 4 nitrogen and oxygen atoms in total. The molecule has 132 valence electrons. The van der Waals surface area contributed by atoms with E-state index in [2.05, 4.69) is 5.16 Å². The van der Waals surface area contributed by atoms with Crippen molar-refractivity contribution in [3.05, 3.63) is 77.7 Å². The fourth-order valence-electron chi connectivity index (χ4n) is 3.47. The van der Waals surface area contributed by atoms with Crippen LogP contribution in [-0.2, 0) is 0 Å². The molecule has 2 aromatic carbocycles. The number of amides is 1. The van der Waals surface area contributed by atoms with Crippen molar-refractivity contribution in [3.63, 3.8) is 0 Å². The first-order chi connectivity index (χ1) is 12.7. The number of hydrogen-bond donors (Lipinski definition) is 0. The van der Waals surface area contributed by atoms with Crippen LogP contribution in [0.4, 0.5) is 4.39 Å². The van der Waals surface area contributed by atoms with Gasteiger partial charge >= 0.3 is 0 Å². The number of hydrogen-bond acceptors (Lipinski definition) is 3. The molecule has 4 rings (SSSR count). The van der Waals surface area contributed by atoms with E-state index in [-0.39, 0.29) is 17.8 Å². The molecule has 1 fully saturated rings. The number of nitrogens with zero attached hydrogens (tertiary/aromatic N) is 2. The molecule has 0 unspecified atom stereocenters. The molecule has 26 heavy (non-hydrogen) atoms. The first kappa shape index (κ1) is 16.5. The first-order valence-corrected chi connectivity index (χ1v) is 8.81. The largest absolute Gasteiger partial charge is 0.355 e. The van der Waals surface area contributed by atoms with Gasteiger partial charge in [-0.25, -0.2) is 4.39 Å². The number of aromatic nitrogens is 1. The summed E-state index contributed by atoms with van der Waals surface area (Å²) < 4.78 is 18.6. The minimum atomic E-state index is -0.272. The number of carbonyl (C=O) groups is 1. The molecule has 0 spiro atoms. The van der Waals surface area contributed by atoms with Crippen molar-refractivity contribution in [2.24, 2.45) is 0 Å². The molecule has 0 aliphatic carbocycles. The van der Waals surface area contributed by atoms with Gasteiger partial charge < -0.3 is 9.42 Å². The number of rotatable bonds is 3. The van der Waals surface area contributed by atoms with Gasteiger partial charge in [0.1, 0.15) is 5.82 Å². The van der Waals surface area contributed by atoms with E-state index in [0.29, 0.717) is 18.0 Å². The van der Waals surface area contributed by atoms with Crippen LogP contribution in [0, 0.1) is 5.82 Å². The van der Waals surface area contributed by atoms with Crippen molar-refractivity contribution in [2.45, 2.75) is 25.3 Å². The van der Waals surface area contributed by atoms with Crippen LogP contribution in [0.25, 0.3) is 11.3 Å². The lowest BCUT2D eigenvalue weighted by Gasteiger charge is -2.35. The van der Waals surface area contributed by atoms with E-state index in [0.717, 1.165) is 30.4 Å². The van der Waals surface area contributed by atoms with E-state index >= 15 is 0 Å². The van der Waals surface area contributed by atoms with Gasteiger partial charge in [0.15, 0.2) is 11.5 Å². The van der Waals surface area contributed by atoms with Gasteiger partial charge in [0, 0.05) is 18.2 Å². The maximum Gasteiger partial charge on any atom is 0.276 e. The Bertz CT molecular complexity index is 890. The SMILES string of the molecule is O=C(c1cc(-c2ccccc2)on1)N1CCCC[C@@H]1c1ccc(F)cc1. The molecule has 1 aliphatic rings. The quantitative estimate of drug-likeness (QED) is 0.678. The predicted octanol–water partition coefficient (Wildman–Crippen LogP) is 4.85. The molecule has 1 saturated heterocycles. The standard InChI is InChI=1S/C21H19FN2O2/c22-17-11-9-15(10-12-17)19-8-4-5-13-24(19)21(25)18-14-20(26-23-18)16-6-2-1-3-7-16/h1-3,6-7,9-12,14,19H,4-5,8,13H2/t19-/m1/s1. The van der Waals surface area contributed by atoms with Crippen LogP contribution in [0.15, 0.2) is 65.2 Å². The molecule has 0 N–H and O–H groups in total. The highest BCUT2D eigenvalue weighted by Crippen LogP contribution is 2.32. The van der Waals surface area contributed by atoms with Crippen LogP contribution in [0.2, 0.25) is 0 Å². The second-order valence-corrected chi connectivity index (χ2v) is 6.50. The van der Waals surface area contributed by atoms with Crippen LogP contribution in [-0.4, -0.2) is 22.5 Å². The molecule has 1 aromatic heterocycles. The Hall–Kier alpha value is -2.95. The molecule has 1 atom stereocenters. The summed E-state index contributed by atoms with van der Waals surface area (Å²) in [5.41, 5.74) is 2.14. The summed E-state index contributed by atoms with van der Waals surface area (Å²) in [6.45, 7) is 0.661. The lowest BCUT2D eigenvalue weighted by molar-refractivity contribution is 0.0601. The molecular formula is C21H19FN2O2. The van der Waals surface area contributed by atoms with Gasteiger partial charge in [0.25, 0.3) is 5.91 Å². The summed E-state index contributed by atoms with van der Waals surface area (Å²) >= 11 is 0. The van der Waals surface area contributed by atoms with Gasteiger partial charge in [-0.05, 0) is 37.0 Å². The Kier molecular flexibility index (Phi) is 4.52. The summed E-state index contributed by atoms with van der Waals surface area (Å²) in [5.74, 6) is 0.153. The van der Waals surface area contributed by atoms with Crippen LogP contribution < -0.4 is 0 Å². The van der Waals surface area contributed by atoms with E-state index in [9.17, 15) is 9.18 Å². The number of likely N-dealkylation sites (tertiary alicyclic amines) is 1.